The molecule has 9 heteroatoms. The van der Waals surface area contributed by atoms with Gasteiger partial charge in [-0.05, 0) is 27.2 Å². The molecule has 29 heavy (non-hydrogen) atoms. The Balaban J connectivity index is 2.06. The molecule has 0 aromatic heterocycles. The smallest absolute Gasteiger partial charge is 0.312 e. The van der Waals surface area contributed by atoms with Crippen molar-refractivity contribution in [2.45, 2.75) is 55.8 Å². The van der Waals surface area contributed by atoms with Crippen molar-refractivity contribution >= 4 is 33.7 Å². The number of hydrogen-bond donors (Lipinski definition) is 1. The number of likely N-dealkylation sites (tertiary alicyclic amines) is 1. The third-order valence-electron chi connectivity index (χ3n) is 6.15. The number of ether oxygens (including phenoxy) is 2. The number of nitrogens with zero attached hydrogens (tertiary/aromatic N) is 2. The van der Waals surface area contributed by atoms with Gasteiger partial charge in [0.15, 0.2) is 0 Å². The van der Waals surface area contributed by atoms with Crippen molar-refractivity contribution in [3.05, 3.63) is 12.7 Å². The van der Waals surface area contributed by atoms with Crippen LogP contribution in [0.3, 0.4) is 0 Å². The van der Waals surface area contributed by atoms with Gasteiger partial charge >= 0.3 is 5.97 Å². The second-order valence-electron chi connectivity index (χ2n) is 8.04. The molecule has 0 aromatic carbocycles. The predicted octanol–water partition coefficient (Wildman–Crippen LogP) is 0.713. The molecule has 1 unspecified atom stereocenters. The Morgan fingerprint density at radius 3 is 2.76 bits per heavy atom. The van der Waals surface area contributed by atoms with Crippen LogP contribution >= 0.6 is 15.9 Å². The van der Waals surface area contributed by atoms with Gasteiger partial charge in [-0.25, -0.2) is 0 Å². The molecule has 3 fully saturated rings. The highest BCUT2D eigenvalue weighted by Gasteiger charge is 2.77. The zero-order valence-corrected chi connectivity index (χ0v) is 18.6. The molecule has 0 saturated carbocycles. The number of aliphatic hydroxyl groups excluding tert-OH is 1. The molecule has 3 saturated heterocycles. The number of rotatable bonds is 8. The highest BCUT2D eigenvalue weighted by molar-refractivity contribution is 9.09. The zero-order valence-electron chi connectivity index (χ0n) is 17.0. The molecule has 8 nitrogen and oxygen atoms in total. The molecular weight excluding hydrogens is 444 g/mol. The lowest BCUT2D eigenvalue weighted by atomic mass is 9.70. The number of β-amino-alcohol motifs (C(OH)–C–C–N with tert-alkyl or cyclic N) is 1. The van der Waals surface area contributed by atoms with Gasteiger partial charge in [-0.2, -0.15) is 0 Å². The molecule has 2 bridgehead atoms. The van der Waals surface area contributed by atoms with Gasteiger partial charge in [0.2, 0.25) is 11.8 Å². The average Bonchev–Trinajstić information content (AvgIpc) is 3.24. The minimum Gasteiger partial charge on any atom is -0.466 e. The summed E-state index contributed by atoms with van der Waals surface area (Å²) >= 11 is 3.59. The third-order valence-corrected chi connectivity index (χ3v) is 7.00. The average molecular weight is 473 g/mol. The van der Waals surface area contributed by atoms with Gasteiger partial charge < -0.3 is 24.4 Å². The number of amides is 2. The Kier molecular flexibility index (Phi) is 6.41. The van der Waals surface area contributed by atoms with Crippen LogP contribution in [0.25, 0.3) is 0 Å². The molecule has 3 rings (SSSR count). The minimum atomic E-state index is -1.12. The Labute approximate surface area is 179 Å². The lowest BCUT2D eigenvalue weighted by molar-refractivity contribution is -0.155. The molecule has 162 valence electrons. The van der Waals surface area contributed by atoms with E-state index in [0.717, 1.165) is 0 Å². The van der Waals surface area contributed by atoms with Crippen LogP contribution < -0.4 is 0 Å². The maximum Gasteiger partial charge on any atom is 0.312 e. The summed E-state index contributed by atoms with van der Waals surface area (Å²) in [5.41, 5.74) is -1.12. The van der Waals surface area contributed by atoms with E-state index in [1.54, 1.807) is 17.9 Å². The molecule has 3 aliphatic heterocycles. The van der Waals surface area contributed by atoms with Crippen molar-refractivity contribution in [3.63, 3.8) is 0 Å². The van der Waals surface area contributed by atoms with Crippen molar-refractivity contribution in [3.8, 4) is 0 Å². The Bertz CT molecular complexity index is 700. The topological polar surface area (TPSA) is 96.4 Å². The second-order valence-corrected chi connectivity index (χ2v) is 9.22. The SMILES string of the molecule is C=CCN(C(=O)[C@H]1N(CCO)C(=O)[C@@H]2[C@@H](C(=O)OCC)[C@@H]3O[C@@]21CC3Br)C(C)C. The van der Waals surface area contributed by atoms with Gasteiger partial charge in [-0.15, -0.1) is 6.58 Å². The Hall–Kier alpha value is -1.45. The molecule has 3 heterocycles. The van der Waals surface area contributed by atoms with Crippen LogP contribution in [-0.4, -0.2) is 87.6 Å². The normalized spacial score (nSPS) is 35.2. The lowest BCUT2D eigenvalue weighted by Gasteiger charge is -2.38. The fraction of sp³-hybridized carbons (Fsp3) is 0.750. The number of carbonyl (C=O) groups excluding carboxylic acids is 3. The lowest BCUT2D eigenvalue weighted by Crippen LogP contribution is -2.58. The van der Waals surface area contributed by atoms with E-state index in [-0.39, 0.29) is 42.4 Å². The number of fused-ring (bicyclic) bond motifs is 1. The van der Waals surface area contributed by atoms with E-state index in [0.29, 0.717) is 13.0 Å². The maximum absolute atomic E-state index is 13.6. The number of carbonyl (C=O) groups is 3. The number of hydrogen-bond acceptors (Lipinski definition) is 6. The van der Waals surface area contributed by atoms with Crippen LogP contribution in [-0.2, 0) is 23.9 Å². The second kappa shape index (κ2) is 8.35. The highest BCUT2D eigenvalue weighted by Crippen LogP contribution is 2.60. The molecule has 0 aliphatic carbocycles. The fourth-order valence-corrected chi connectivity index (χ4v) is 6.06. The fourth-order valence-electron chi connectivity index (χ4n) is 5.12. The van der Waals surface area contributed by atoms with Crippen LogP contribution in [0, 0.1) is 11.8 Å². The first kappa shape index (κ1) is 22.2. The first-order valence-electron chi connectivity index (χ1n) is 10.1. The van der Waals surface area contributed by atoms with Crippen molar-refractivity contribution in [1.82, 2.24) is 9.80 Å². The summed E-state index contributed by atoms with van der Waals surface area (Å²) in [5.74, 6) is -2.63. The van der Waals surface area contributed by atoms with Crippen molar-refractivity contribution < 1.29 is 29.0 Å². The van der Waals surface area contributed by atoms with Crippen LogP contribution in [0.5, 0.6) is 0 Å². The third kappa shape index (κ3) is 3.31. The van der Waals surface area contributed by atoms with Gasteiger partial charge in [0.1, 0.15) is 11.6 Å². The van der Waals surface area contributed by atoms with Crippen molar-refractivity contribution in [2.75, 3.05) is 26.3 Å². The number of alkyl halides is 1. The molecule has 1 spiro atoms. The quantitative estimate of drug-likeness (QED) is 0.317. The highest BCUT2D eigenvalue weighted by atomic mass is 79.9. The van der Waals surface area contributed by atoms with Gasteiger partial charge in [0.05, 0.1) is 31.2 Å². The van der Waals surface area contributed by atoms with Gasteiger partial charge in [0, 0.05) is 24.0 Å². The first-order chi connectivity index (χ1) is 13.7. The van der Waals surface area contributed by atoms with Crippen LogP contribution in [0.1, 0.15) is 27.2 Å². The largest absolute Gasteiger partial charge is 0.466 e. The summed E-state index contributed by atoms with van der Waals surface area (Å²) in [6.07, 6.45) is 1.55. The van der Waals surface area contributed by atoms with E-state index in [1.807, 2.05) is 13.8 Å². The van der Waals surface area contributed by atoms with E-state index in [9.17, 15) is 19.5 Å². The van der Waals surface area contributed by atoms with E-state index >= 15 is 0 Å². The Morgan fingerprint density at radius 1 is 1.52 bits per heavy atom. The summed E-state index contributed by atoms with van der Waals surface area (Å²) in [4.78, 5) is 42.6. The minimum absolute atomic E-state index is 0.00401. The van der Waals surface area contributed by atoms with Crippen molar-refractivity contribution in [2.24, 2.45) is 11.8 Å². The van der Waals surface area contributed by atoms with E-state index < -0.39 is 35.6 Å². The molecule has 6 atom stereocenters. The summed E-state index contributed by atoms with van der Waals surface area (Å²) in [7, 11) is 0. The summed E-state index contributed by atoms with van der Waals surface area (Å²) in [6, 6.07) is -1.01. The van der Waals surface area contributed by atoms with Crippen LogP contribution in [0.2, 0.25) is 0 Å². The predicted molar refractivity (Wildman–Crippen MR) is 108 cm³/mol. The first-order valence-corrected chi connectivity index (χ1v) is 11.0. The number of esters is 1. The van der Waals surface area contributed by atoms with Crippen LogP contribution in [0.15, 0.2) is 12.7 Å². The molecular formula is C20H29BrN2O6. The van der Waals surface area contributed by atoms with Crippen molar-refractivity contribution in [1.29, 1.82) is 0 Å². The van der Waals surface area contributed by atoms with Gasteiger partial charge in [0.25, 0.3) is 0 Å². The van der Waals surface area contributed by atoms with Gasteiger partial charge in [-0.3, -0.25) is 14.4 Å². The van der Waals surface area contributed by atoms with E-state index in [2.05, 4.69) is 22.5 Å². The monoisotopic (exact) mass is 472 g/mol. The molecule has 1 N–H and O–H groups in total. The summed E-state index contributed by atoms with van der Waals surface area (Å²) in [6.45, 7) is 9.48. The van der Waals surface area contributed by atoms with Crippen LogP contribution in [0.4, 0.5) is 0 Å². The van der Waals surface area contributed by atoms with E-state index in [4.69, 9.17) is 9.47 Å². The molecule has 0 radical (unpaired) electrons. The zero-order chi connectivity index (χ0) is 21.5. The Morgan fingerprint density at radius 2 is 2.21 bits per heavy atom. The van der Waals surface area contributed by atoms with Gasteiger partial charge in [-0.1, -0.05) is 22.0 Å². The summed E-state index contributed by atoms with van der Waals surface area (Å²) in [5, 5.41) is 9.56. The standard InChI is InChI=1S/C20H29BrN2O6/c1-5-7-22(11(3)4)18(26)16-20-10-12(21)15(29-20)13(19(27)28-6-2)14(20)17(25)23(16)8-9-24/h5,11-16,24H,1,6-10H2,2-4H3/t12?,13-,14+,15-,16-,20+/m1/s1. The maximum atomic E-state index is 13.6. The van der Waals surface area contributed by atoms with E-state index in [1.165, 1.54) is 4.90 Å². The molecule has 2 amide bonds. The number of halogens is 1. The summed E-state index contributed by atoms with van der Waals surface area (Å²) < 4.78 is 11.5. The molecule has 3 aliphatic rings. The number of aliphatic hydroxyl groups is 1. The molecule has 0 aromatic rings.